The van der Waals surface area contributed by atoms with Crippen LogP contribution in [0.5, 0.6) is 5.75 Å². The maximum Gasteiger partial charge on any atom is 0.303 e. The summed E-state index contributed by atoms with van der Waals surface area (Å²) in [5.74, 6) is 0.0154. The molecule has 1 N–H and O–H groups in total. The Morgan fingerprint density at radius 3 is 2.80 bits per heavy atom. The average Bonchev–Trinajstić information content (AvgIpc) is 2.91. The van der Waals surface area contributed by atoms with E-state index in [0.717, 1.165) is 35.4 Å². The number of ether oxygens (including phenoxy) is 1. The number of carboxylic acids is 1. The number of likely N-dealkylation sites (tertiary alicyclic amines) is 1. The highest BCUT2D eigenvalue weighted by Crippen LogP contribution is 2.24. The van der Waals surface area contributed by atoms with Gasteiger partial charge in [-0.25, -0.2) is 0 Å². The van der Waals surface area contributed by atoms with Crippen molar-refractivity contribution >= 4 is 21.9 Å². The molecule has 0 saturated carbocycles. The van der Waals surface area contributed by atoms with Crippen molar-refractivity contribution in [3.05, 3.63) is 28.2 Å². The van der Waals surface area contributed by atoms with Gasteiger partial charge < -0.3 is 9.84 Å². The molecule has 2 rings (SSSR count). The molecule has 0 spiro atoms. The van der Waals surface area contributed by atoms with E-state index in [1.165, 1.54) is 12.8 Å². The molecule has 0 aromatic heterocycles. The fourth-order valence-electron chi connectivity index (χ4n) is 2.42. The van der Waals surface area contributed by atoms with Crippen LogP contribution in [0, 0.1) is 0 Å². The lowest BCUT2D eigenvalue weighted by molar-refractivity contribution is -0.136. The van der Waals surface area contributed by atoms with E-state index in [9.17, 15) is 4.79 Å². The lowest BCUT2D eigenvalue weighted by atomic mass is 10.1. The van der Waals surface area contributed by atoms with Gasteiger partial charge in [0.05, 0.1) is 0 Å². The van der Waals surface area contributed by atoms with Gasteiger partial charge in [0.15, 0.2) is 0 Å². The number of hydrogen-bond acceptors (Lipinski definition) is 3. The predicted molar refractivity (Wildman–Crippen MR) is 81.3 cm³/mol. The second-order valence-electron chi connectivity index (χ2n) is 5.04. The van der Waals surface area contributed by atoms with Crippen molar-refractivity contribution < 1.29 is 14.6 Å². The van der Waals surface area contributed by atoms with Crippen molar-refractivity contribution in [1.82, 2.24) is 4.90 Å². The average molecular weight is 342 g/mol. The summed E-state index contributed by atoms with van der Waals surface area (Å²) in [7, 11) is 0. The summed E-state index contributed by atoms with van der Waals surface area (Å²) in [6.45, 7) is 3.92. The molecule has 1 aliphatic rings. The molecule has 0 aliphatic carbocycles. The van der Waals surface area contributed by atoms with Gasteiger partial charge in [0.25, 0.3) is 0 Å². The number of carboxylic acid groups (broad SMARTS) is 1. The molecule has 1 aliphatic heterocycles. The molecule has 5 heteroatoms. The third kappa shape index (κ3) is 4.80. The second-order valence-corrected chi connectivity index (χ2v) is 5.96. The van der Waals surface area contributed by atoms with Crippen molar-refractivity contribution in [1.29, 1.82) is 0 Å². The van der Waals surface area contributed by atoms with Gasteiger partial charge >= 0.3 is 5.97 Å². The number of aliphatic carboxylic acids is 1. The molecule has 0 amide bonds. The largest absolute Gasteiger partial charge is 0.492 e. The molecule has 110 valence electrons. The summed E-state index contributed by atoms with van der Waals surface area (Å²) in [5.41, 5.74) is 0.947. The van der Waals surface area contributed by atoms with Gasteiger partial charge in [0, 0.05) is 17.4 Å². The third-order valence-electron chi connectivity index (χ3n) is 3.49. The number of nitrogens with zero attached hydrogens (tertiary/aromatic N) is 1. The van der Waals surface area contributed by atoms with Crippen molar-refractivity contribution in [2.75, 3.05) is 26.2 Å². The van der Waals surface area contributed by atoms with Gasteiger partial charge in [-0.05, 0) is 56.1 Å². The second kappa shape index (κ2) is 7.64. The SMILES string of the molecule is O=C(O)CCc1cc(Br)ccc1OCCN1CCCC1. The molecule has 1 heterocycles. The number of hydrogen-bond donors (Lipinski definition) is 1. The summed E-state index contributed by atoms with van der Waals surface area (Å²) in [6, 6.07) is 5.77. The van der Waals surface area contributed by atoms with Crippen LogP contribution >= 0.6 is 15.9 Å². The highest BCUT2D eigenvalue weighted by molar-refractivity contribution is 9.10. The summed E-state index contributed by atoms with van der Waals surface area (Å²) in [5, 5.41) is 8.80. The van der Waals surface area contributed by atoms with Crippen LogP contribution in [0.4, 0.5) is 0 Å². The van der Waals surface area contributed by atoms with E-state index in [0.29, 0.717) is 13.0 Å². The Bertz CT molecular complexity index is 458. The standard InChI is InChI=1S/C15H20BrNO3/c16-13-4-5-14(12(11-13)3-6-15(18)19)20-10-9-17-7-1-2-8-17/h4-5,11H,1-3,6-10H2,(H,18,19). The summed E-state index contributed by atoms with van der Waals surface area (Å²) in [6.07, 6.45) is 3.18. The van der Waals surface area contributed by atoms with Gasteiger partial charge in [-0.1, -0.05) is 15.9 Å². The first-order valence-corrected chi connectivity index (χ1v) is 7.80. The fourth-order valence-corrected chi connectivity index (χ4v) is 2.83. The highest BCUT2D eigenvalue weighted by atomic mass is 79.9. The van der Waals surface area contributed by atoms with Crippen molar-refractivity contribution in [2.24, 2.45) is 0 Å². The smallest absolute Gasteiger partial charge is 0.303 e. The quantitative estimate of drug-likeness (QED) is 0.828. The van der Waals surface area contributed by atoms with Crippen LogP contribution in [-0.4, -0.2) is 42.2 Å². The number of aryl methyl sites for hydroxylation is 1. The monoisotopic (exact) mass is 341 g/mol. The first kappa shape index (κ1) is 15.3. The predicted octanol–water partition coefficient (Wildman–Crippen LogP) is 2.94. The normalized spacial score (nSPS) is 15.4. The summed E-state index contributed by atoms with van der Waals surface area (Å²) < 4.78 is 6.78. The minimum atomic E-state index is -0.784. The van der Waals surface area contributed by atoms with Crippen LogP contribution in [0.1, 0.15) is 24.8 Å². The topological polar surface area (TPSA) is 49.8 Å². The molecule has 1 aromatic rings. The van der Waals surface area contributed by atoms with E-state index in [4.69, 9.17) is 9.84 Å². The van der Waals surface area contributed by atoms with E-state index < -0.39 is 5.97 Å². The number of halogens is 1. The van der Waals surface area contributed by atoms with E-state index >= 15 is 0 Å². The van der Waals surface area contributed by atoms with Gasteiger partial charge in [-0.15, -0.1) is 0 Å². The van der Waals surface area contributed by atoms with Gasteiger partial charge in [0.1, 0.15) is 12.4 Å². The minimum absolute atomic E-state index is 0.124. The zero-order valence-corrected chi connectivity index (χ0v) is 13.1. The maximum absolute atomic E-state index is 10.7. The number of rotatable bonds is 7. The molecule has 1 fully saturated rings. The molecule has 0 unspecified atom stereocenters. The molecule has 20 heavy (non-hydrogen) atoms. The number of carbonyl (C=O) groups is 1. The molecule has 0 bridgehead atoms. The van der Waals surface area contributed by atoms with Crippen LogP contribution in [0.15, 0.2) is 22.7 Å². The molecular formula is C15H20BrNO3. The fraction of sp³-hybridized carbons (Fsp3) is 0.533. The summed E-state index contributed by atoms with van der Waals surface area (Å²) >= 11 is 3.41. The van der Waals surface area contributed by atoms with E-state index in [1.807, 2.05) is 18.2 Å². The Labute approximate surface area is 127 Å². The Balaban J connectivity index is 1.89. The molecular weight excluding hydrogens is 322 g/mol. The van der Waals surface area contributed by atoms with Crippen molar-refractivity contribution in [3.63, 3.8) is 0 Å². The van der Waals surface area contributed by atoms with E-state index in [-0.39, 0.29) is 6.42 Å². The lowest BCUT2D eigenvalue weighted by Crippen LogP contribution is -2.25. The summed E-state index contributed by atoms with van der Waals surface area (Å²) in [4.78, 5) is 13.1. The molecule has 0 radical (unpaired) electrons. The lowest BCUT2D eigenvalue weighted by Gasteiger charge is -2.16. The number of benzene rings is 1. The zero-order chi connectivity index (χ0) is 14.4. The molecule has 4 nitrogen and oxygen atoms in total. The van der Waals surface area contributed by atoms with E-state index in [2.05, 4.69) is 20.8 Å². The van der Waals surface area contributed by atoms with Gasteiger partial charge in [0.2, 0.25) is 0 Å². The van der Waals surface area contributed by atoms with Crippen molar-refractivity contribution in [3.8, 4) is 5.75 Å². The minimum Gasteiger partial charge on any atom is -0.492 e. The van der Waals surface area contributed by atoms with Crippen LogP contribution < -0.4 is 4.74 Å². The molecule has 1 saturated heterocycles. The van der Waals surface area contributed by atoms with Gasteiger partial charge in [-0.3, -0.25) is 9.69 Å². The zero-order valence-electron chi connectivity index (χ0n) is 11.5. The van der Waals surface area contributed by atoms with Crippen LogP contribution in [0.25, 0.3) is 0 Å². The van der Waals surface area contributed by atoms with Crippen LogP contribution in [0.3, 0.4) is 0 Å². The Morgan fingerprint density at radius 1 is 1.35 bits per heavy atom. The van der Waals surface area contributed by atoms with Crippen molar-refractivity contribution in [2.45, 2.75) is 25.7 Å². The van der Waals surface area contributed by atoms with E-state index in [1.54, 1.807) is 0 Å². The maximum atomic E-state index is 10.7. The van der Waals surface area contributed by atoms with Crippen LogP contribution in [0.2, 0.25) is 0 Å². The first-order valence-electron chi connectivity index (χ1n) is 7.00. The van der Waals surface area contributed by atoms with Gasteiger partial charge in [-0.2, -0.15) is 0 Å². The highest BCUT2D eigenvalue weighted by Gasteiger charge is 2.12. The first-order chi connectivity index (χ1) is 9.65. The molecule has 1 aromatic carbocycles. The Morgan fingerprint density at radius 2 is 2.10 bits per heavy atom. The third-order valence-corrected chi connectivity index (χ3v) is 3.99. The Kier molecular flexibility index (Phi) is 5.86. The molecule has 0 atom stereocenters. The van der Waals surface area contributed by atoms with Crippen LogP contribution in [-0.2, 0) is 11.2 Å². The Hall–Kier alpha value is -1.07.